The van der Waals surface area contributed by atoms with Crippen LogP contribution in [0.15, 0.2) is 47.0 Å². The van der Waals surface area contributed by atoms with E-state index in [2.05, 4.69) is 39.3 Å². The highest BCUT2D eigenvalue weighted by atomic mass is 35.5. The minimum Gasteiger partial charge on any atom is -0.496 e. The average molecular weight is 510 g/mol. The topological polar surface area (TPSA) is 94.6 Å². The summed E-state index contributed by atoms with van der Waals surface area (Å²) in [6.45, 7) is 8.09. The SMILES string of the molecule is CCc1cc(C(C#N)NC=O)ccc1Cl.COc1cc(N2CCN(C)CC2)ccc1-c1cnc(C)o1. The highest BCUT2D eigenvalue weighted by Crippen LogP contribution is 2.34. The van der Waals surface area contributed by atoms with E-state index in [1.807, 2.05) is 32.0 Å². The number of nitrogens with one attached hydrogen (secondary N) is 1. The van der Waals surface area contributed by atoms with Gasteiger partial charge in [0.2, 0.25) is 6.41 Å². The third-order valence-electron chi connectivity index (χ3n) is 6.09. The van der Waals surface area contributed by atoms with Crippen molar-refractivity contribution in [1.82, 2.24) is 15.2 Å². The summed E-state index contributed by atoms with van der Waals surface area (Å²) in [5, 5.41) is 12.0. The van der Waals surface area contributed by atoms with Gasteiger partial charge in [-0.05, 0) is 42.8 Å². The van der Waals surface area contributed by atoms with Gasteiger partial charge in [-0.2, -0.15) is 5.26 Å². The van der Waals surface area contributed by atoms with E-state index in [1.54, 1.807) is 25.4 Å². The van der Waals surface area contributed by atoms with Gasteiger partial charge < -0.3 is 24.3 Å². The minimum absolute atomic E-state index is 0.522. The van der Waals surface area contributed by atoms with Crippen molar-refractivity contribution in [1.29, 1.82) is 5.26 Å². The molecule has 3 aromatic rings. The number of piperazine rings is 1. The molecule has 1 N–H and O–H groups in total. The number of ether oxygens (including phenoxy) is 1. The molecule has 8 nitrogen and oxygen atoms in total. The van der Waals surface area contributed by atoms with Gasteiger partial charge in [-0.15, -0.1) is 0 Å². The number of aryl methyl sites for hydroxylation is 2. The van der Waals surface area contributed by atoms with E-state index in [1.165, 1.54) is 5.69 Å². The van der Waals surface area contributed by atoms with Crippen molar-refractivity contribution >= 4 is 23.7 Å². The normalized spacial score (nSPS) is 14.3. The number of hydrogen-bond acceptors (Lipinski definition) is 7. The standard InChI is InChI=1S/C16H21N3O2.C11H11ClN2O/c1-12-17-11-16(21-12)14-5-4-13(10-15(14)20-3)19-8-6-18(2)7-9-19;1-2-8-5-9(3-4-10(8)12)11(6-13)14-7-15/h4-5,10-11H,6-9H2,1-3H3;3-5,7,11H,2H2,1H3,(H,14,15). The second kappa shape index (κ2) is 13.0. The van der Waals surface area contributed by atoms with Gasteiger partial charge >= 0.3 is 0 Å². The molecule has 4 rings (SSSR count). The Morgan fingerprint density at radius 2 is 2.00 bits per heavy atom. The zero-order valence-corrected chi connectivity index (χ0v) is 21.9. The van der Waals surface area contributed by atoms with Crippen LogP contribution < -0.4 is 15.0 Å². The Kier molecular flexibility index (Phi) is 9.74. The van der Waals surface area contributed by atoms with Crippen LogP contribution in [-0.4, -0.2) is 56.6 Å². The Labute approximate surface area is 217 Å². The molecule has 2 heterocycles. The highest BCUT2D eigenvalue weighted by Gasteiger charge is 2.17. The van der Waals surface area contributed by atoms with Crippen molar-refractivity contribution in [3.63, 3.8) is 0 Å². The molecule has 2 aromatic carbocycles. The van der Waals surface area contributed by atoms with Crippen LogP contribution in [-0.2, 0) is 11.2 Å². The minimum atomic E-state index is -0.606. The second-order valence-corrected chi connectivity index (χ2v) is 8.88. The molecule has 1 amide bonds. The molecule has 36 heavy (non-hydrogen) atoms. The molecular weight excluding hydrogens is 478 g/mol. The van der Waals surface area contributed by atoms with E-state index in [9.17, 15) is 4.79 Å². The Morgan fingerprint density at radius 1 is 1.25 bits per heavy atom. The summed E-state index contributed by atoms with van der Waals surface area (Å²) in [5.41, 5.74) is 3.86. The molecule has 0 bridgehead atoms. The van der Waals surface area contributed by atoms with Crippen molar-refractivity contribution in [3.05, 3.63) is 64.6 Å². The molecule has 0 saturated carbocycles. The summed E-state index contributed by atoms with van der Waals surface area (Å²) in [4.78, 5) is 19.2. The van der Waals surface area contributed by atoms with Crippen LogP contribution in [0.25, 0.3) is 11.3 Å². The quantitative estimate of drug-likeness (QED) is 0.464. The van der Waals surface area contributed by atoms with Crippen molar-refractivity contribution in [3.8, 4) is 23.1 Å². The molecule has 1 aliphatic heterocycles. The van der Waals surface area contributed by atoms with Crippen LogP contribution in [0.4, 0.5) is 5.69 Å². The molecule has 1 fully saturated rings. The van der Waals surface area contributed by atoms with E-state index < -0.39 is 6.04 Å². The lowest BCUT2D eigenvalue weighted by Crippen LogP contribution is -2.44. The van der Waals surface area contributed by atoms with Crippen molar-refractivity contribution < 1.29 is 13.9 Å². The van der Waals surface area contributed by atoms with Gasteiger partial charge in [0.25, 0.3) is 0 Å². The van der Waals surface area contributed by atoms with E-state index >= 15 is 0 Å². The lowest BCUT2D eigenvalue weighted by Gasteiger charge is -2.34. The molecule has 0 radical (unpaired) electrons. The van der Waals surface area contributed by atoms with Crippen LogP contribution in [0.1, 0.15) is 30.0 Å². The maximum atomic E-state index is 10.3. The Hall–Kier alpha value is -3.54. The highest BCUT2D eigenvalue weighted by molar-refractivity contribution is 6.31. The number of carbonyl (C=O) groups excluding carboxylic acids is 1. The maximum absolute atomic E-state index is 10.3. The van der Waals surface area contributed by atoms with Crippen molar-refractivity contribution in [2.24, 2.45) is 0 Å². The number of rotatable bonds is 7. The number of aromatic nitrogens is 1. The van der Waals surface area contributed by atoms with Crippen LogP contribution >= 0.6 is 11.6 Å². The Bertz CT molecular complexity index is 1200. The number of nitrogens with zero attached hydrogens (tertiary/aromatic N) is 4. The molecule has 1 aliphatic rings. The van der Waals surface area contributed by atoms with Crippen LogP contribution in [0.3, 0.4) is 0 Å². The summed E-state index contributed by atoms with van der Waals surface area (Å²) in [6.07, 6.45) is 3.06. The monoisotopic (exact) mass is 509 g/mol. The first kappa shape index (κ1) is 27.1. The van der Waals surface area contributed by atoms with Crippen molar-refractivity contribution in [2.45, 2.75) is 26.3 Å². The third-order valence-corrected chi connectivity index (χ3v) is 6.46. The number of nitriles is 1. The fraction of sp³-hybridized carbons (Fsp3) is 0.370. The molecule has 1 atom stereocenters. The summed E-state index contributed by atoms with van der Waals surface area (Å²) < 4.78 is 11.1. The number of amides is 1. The van der Waals surface area contributed by atoms with Gasteiger partial charge in [0.05, 0.1) is 24.9 Å². The predicted octanol–water partition coefficient (Wildman–Crippen LogP) is 4.62. The van der Waals surface area contributed by atoms with Gasteiger partial charge in [-0.1, -0.05) is 30.7 Å². The molecule has 0 spiro atoms. The molecule has 1 unspecified atom stereocenters. The number of carbonyl (C=O) groups is 1. The van der Waals surface area contributed by atoms with E-state index in [-0.39, 0.29) is 0 Å². The van der Waals surface area contributed by atoms with E-state index in [0.717, 1.165) is 60.8 Å². The lowest BCUT2D eigenvalue weighted by atomic mass is 10.0. The molecule has 1 aromatic heterocycles. The lowest BCUT2D eigenvalue weighted by molar-refractivity contribution is -0.109. The maximum Gasteiger partial charge on any atom is 0.208 e. The smallest absolute Gasteiger partial charge is 0.208 e. The molecule has 1 saturated heterocycles. The number of anilines is 1. The van der Waals surface area contributed by atoms with Gasteiger partial charge in [-0.3, -0.25) is 4.79 Å². The Morgan fingerprint density at radius 3 is 2.58 bits per heavy atom. The predicted molar refractivity (Wildman–Crippen MR) is 141 cm³/mol. The van der Waals surface area contributed by atoms with Gasteiger partial charge in [0.15, 0.2) is 11.7 Å². The molecule has 0 aliphatic carbocycles. The Balaban J connectivity index is 0.000000214. The zero-order chi connectivity index (χ0) is 26.1. The number of halogens is 1. The van der Waals surface area contributed by atoms with Gasteiger partial charge in [0, 0.05) is 49.9 Å². The first-order chi connectivity index (χ1) is 17.4. The van der Waals surface area contributed by atoms with Crippen LogP contribution in [0.2, 0.25) is 5.02 Å². The van der Waals surface area contributed by atoms with Gasteiger partial charge in [-0.25, -0.2) is 4.98 Å². The second-order valence-electron chi connectivity index (χ2n) is 8.47. The van der Waals surface area contributed by atoms with E-state index in [0.29, 0.717) is 17.3 Å². The number of methoxy groups -OCH3 is 1. The zero-order valence-electron chi connectivity index (χ0n) is 21.1. The number of benzene rings is 2. The van der Waals surface area contributed by atoms with E-state index in [4.69, 9.17) is 26.0 Å². The fourth-order valence-corrected chi connectivity index (χ4v) is 4.20. The third kappa shape index (κ3) is 6.78. The summed E-state index contributed by atoms with van der Waals surface area (Å²) in [7, 11) is 3.85. The first-order valence-electron chi connectivity index (χ1n) is 11.8. The molecule has 190 valence electrons. The summed E-state index contributed by atoms with van der Waals surface area (Å²) in [6, 6.07) is 13.0. The summed E-state index contributed by atoms with van der Waals surface area (Å²) in [5.74, 6) is 2.23. The molecule has 9 heteroatoms. The average Bonchev–Trinajstić information content (AvgIpc) is 3.34. The summed E-state index contributed by atoms with van der Waals surface area (Å²) >= 11 is 5.95. The fourth-order valence-electron chi connectivity index (χ4n) is 3.95. The van der Waals surface area contributed by atoms with Crippen molar-refractivity contribution in [2.75, 3.05) is 45.2 Å². The van der Waals surface area contributed by atoms with Crippen LogP contribution in [0, 0.1) is 18.3 Å². The van der Waals surface area contributed by atoms with Crippen LogP contribution in [0.5, 0.6) is 5.75 Å². The number of hydrogen-bond donors (Lipinski definition) is 1. The largest absolute Gasteiger partial charge is 0.496 e. The first-order valence-corrected chi connectivity index (χ1v) is 12.2. The van der Waals surface area contributed by atoms with Gasteiger partial charge in [0.1, 0.15) is 11.8 Å². The number of oxazole rings is 1. The number of likely N-dealkylation sites (N-methyl/N-ethyl adjacent to an activating group) is 1. The molecular formula is C27H32ClN5O3.